The molecule has 0 aliphatic carbocycles. The van der Waals surface area contributed by atoms with Gasteiger partial charge < -0.3 is 165 Å². The maximum absolute atomic E-state index is 14.9. The zero-order valence-electron chi connectivity index (χ0n) is 83.8. The van der Waals surface area contributed by atoms with Gasteiger partial charge in [0.2, 0.25) is 100 Å². The van der Waals surface area contributed by atoms with Gasteiger partial charge >= 0.3 is 35.8 Å². The first kappa shape index (κ1) is 128. The Morgan fingerprint density at radius 3 is 1.02 bits per heavy atom. The summed E-state index contributed by atoms with van der Waals surface area (Å²) in [5, 5.41) is 125. The monoisotopic (exact) mass is 2100 g/mol. The molecule has 36 N–H and O–H groups in total. The summed E-state index contributed by atoms with van der Waals surface area (Å²) in [5.41, 5.74) is 35.8. The smallest absolute Gasteiger partial charge is 0.326 e. The molecule has 0 radical (unpaired) electrons. The number of aromatic hydroxyl groups is 2. The quantitative estimate of drug-likeness (QED) is 0.0274. The van der Waals surface area contributed by atoms with Crippen LogP contribution in [0, 0.1) is 17.8 Å². The van der Waals surface area contributed by atoms with Crippen LogP contribution in [0.5, 0.6) is 11.5 Å². The molecule has 3 rings (SSSR count). The number of unbranched alkanes of at least 4 members (excludes halogenated alkanes) is 4. The molecule has 54 nitrogen and oxygen atoms in total. The zero-order valence-corrected chi connectivity index (χ0v) is 83.8. The lowest BCUT2D eigenvalue weighted by Gasteiger charge is -2.30. The number of hydrogen-bond donors (Lipinski definition) is 30. The molecule has 148 heavy (non-hydrogen) atoms. The summed E-state index contributed by atoms with van der Waals surface area (Å²) in [6.45, 7) is 8.27. The number of carbonyl (C=O) groups is 23. The van der Waals surface area contributed by atoms with Gasteiger partial charge in [0.15, 0.2) is 0 Å². The number of likely N-dealkylation sites (tertiary alicyclic amines) is 1. The second-order valence-corrected chi connectivity index (χ2v) is 36.9. The van der Waals surface area contributed by atoms with Crippen LogP contribution >= 0.6 is 0 Å². The highest BCUT2D eigenvalue weighted by Gasteiger charge is 2.44. The lowest BCUT2D eigenvalue weighted by atomic mass is 9.96. The van der Waals surface area contributed by atoms with Crippen molar-refractivity contribution in [2.45, 2.75) is 318 Å². The summed E-state index contributed by atoms with van der Waals surface area (Å²) in [7, 11) is 0. The third-order valence-electron chi connectivity index (χ3n) is 24.0. The fraction of sp³-hybridized carbons (Fsp3) is 0.628. The van der Waals surface area contributed by atoms with Crippen molar-refractivity contribution in [3.05, 3.63) is 59.7 Å². The first-order valence-corrected chi connectivity index (χ1v) is 49.0. The number of phenolic OH excluding ortho intramolecular Hbond substituents is 2. The number of primary amides is 1. The number of phenols is 2. The molecule has 18 atom stereocenters. The molecule has 54 heteroatoms. The number of hydrogen-bond acceptors (Lipinski definition) is 31. The average Bonchev–Trinajstić information content (AvgIpc) is 1.65. The van der Waals surface area contributed by atoms with E-state index in [0.717, 1.165) is 0 Å². The molecule has 17 amide bonds. The Labute approximate surface area is 853 Å². The summed E-state index contributed by atoms with van der Waals surface area (Å²) >= 11 is 0. The number of carbonyl (C=O) groups excluding carboxylic acids is 17. The van der Waals surface area contributed by atoms with E-state index in [9.17, 15) is 156 Å². The Balaban J connectivity index is 2.01. The third kappa shape index (κ3) is 47.0. The second kappa shape index (κ2) is 66.7. The topological polar surface area (TPSA) is 914 Å². The number of aliphatic hydroxyl groups is 1. The predicted octanol–water partition coefficient (Wildman–Crippen LogP) is -6.77. The SMILES string of the molecule is CC[C@H](C)[C@H](NC(=O)[C@H](CCC(=O)O)NC(=O)[C@H](CO)NC(=O)[C@H](CC(C)C)NC(=O)[C@H](CC(=O)O)NC(=O)[C@@H]1CCCN1C(=O)[C@@H](N)Cc1ccc(O)cc1)C(=O)N[C@@H](CCCCN)C(=O)N[C@@H](CCCCN)C(=O)N[C@@H](CCC(=O)O)C(=O)N[C@@H](Cc1ccc(O)cc1)C(=O)N[C@@H](CC(N)=O)C(=O)N[C@H](C(=O)N[C@@H](CCCCN)C(=O)N[C@@H](CCC(=O)O)C(=O)N[C@@H](CCCCN)C(=O)N[C@@H](CC(=O)O)C(=O)O)C(C)C. The summed E-state index contributed by atoms with van der Waals surface area (Å²) < 4.78 is 0. The van der Waals surface area contributed by atoms with Crippen molar-refractivity contribution in [1.29, 1.82) is 0 Å². The minimum absolute atomic E-state index is 0.0136. The van der Waals surface area contributed by atoms with Crippen LogP contribution in [0.4, 0.5) is 0 Å². The highest BCUT2D eigenvalue weighted by molar-refractivity contribution is 6.03. The molecule has 2 aromatic rings. The van der Waals surface area contributed by atoms with E-state index in [0.29, 0.717) is 12.0 Å². The molecule has 2 aromatic carbocycles. The normalized spacial score (nSPS) is 15.7. The summed E-state index contributed by atoms with van der Waals surface area (Å²) in [6.07, 6.45) is -7.63. The Hall–Kier alpha value is -14.4. The van der Waals surface area contributed by atoms with Crippen molar-refractivity contribution in [3.8, 4) is 11.5 Å². The first-order valence-electron chi connectivity index (χ1n) is 49.0. The van der Waals surface area contributed by atoms with E-state index in [-0.39, 0.29) is 153 Å². The fourth-order valence-corrected chi connectivity index (χ4v) is 15.5. The Bertz CT molecular complexity index is 4820. The summed E-state index contributed by atoms with van der Waals surface area (Å²) in [5.74, 6) is -31.5. The Morgan fingerprint density at radius 1 is 0.351 bits per heavy atom. The molecule has 0 bridgehead atoms. The number of nitrogens with two attached hydrogens (primary N) is 6. The largest absolute Gasteiger partial charge is 0.508 e. The molecule has 1 aliphatic rings. The van der Waals surface area contributed by atoms with Gasteiger partial charge in [-0.1, -0.05) is 72.2 Å². The van der Waals surface area contributed by atoms with Gasteiger partial charge in [-0.25, -0.2) is 4.79 Å². The van der Waals surface area contributed by atoms with Gasteiger partial charge in [0.05, 0.1) is 31.9 Å². The van der Waals surface area contributed by atoms with E-state index in [1.807, 2.05) is 5.32 Å². The number of carboxylic acids is 6. The second-order valence-electron chi connectivity index (χ2n) is 36.9. The van der Waals surface area contributed by atoms with Gasteiger partial charge in [0, 0.05) is 32.2 Å². The molecule has 0 spiro atoms. The molecule has 1 saturated heterocycles. The molecule has 0 aromatic heterocycles. The van der Waals surface area contributed by atoms with Gasteiger partial charge in [-0.3, -0.25) is 105 Å². The fourth-order valence-electron chi connectivity index (χ4n) is 15.5. The van der Waals surface area contributed by atoms with E-state index < -0.39 is 328 Å². The highest BCUT2D eigenvalue weighted by atomic mass is 16.4. The molecule has 1 aliphatic heterocycles. The number of carboxylic acid groups (broad SMARTS) is 6. The molecule has 1 heterocycles. The predicted molar refractivity (Wildman–Crippen MR) is 524 cm³/mol. The van der Waals surface area contributed by atoms with Gasteiger partial charge in [-0.15, -0.1) is 0 Å². The Morgan fingerprint density at radius 2 is 0.655 bits per heavy atom. The van der Waals surface area contributed by atoms with E-state index in [1.165, 1.54) is 62.1 Å². The lowest BCUT2D eigenvalue weighted by molar-refractivity contribution is -0.147. The number of nitrogens with zero attached hydrogens (tertiary/aromatic N) is 1. The summed E-state index contributed by atoms with van der Waals surface area (Å²) in [4.78, 5) is 316. The lowest BCUT2D eigenvalue weighted by Crippen LogP contribution is -2.62. The van der Waals surface area contributed by atoms with Crippen LogP contribution in [0.25, 0.3) is 0 Å². The van der Waals surface area contributed by atoms with E-state index in [2.05, 4.69) is 74.4 Å². The number of rotatable bonds is 73. The van der Waals surface area contributed by atoms with E-state index in [1.54, 1.807) is 32.9 Å². The number of aliphatic hydroxyl groups excluding tert-OH is 1. The number of benzene rings is 2. The van der Waals surface area contributed by atoms with E-state index in [4.69, 9.17) is 34.4 Å². The molecule has 1 fully saturated rings. The highest BCUT2D eigenvalue weighted by Crippen LogP contribution is 2.23. The van der Waals surface area contributed by atoms with Gasteiger partial charge in [0.1, 0.15) is 108 Å². The van der Waals surface area contributed by atoms with Gasteiger partial charge in [-0.2, -0.15) is 0 Å². The number of nitrogens with one attached hydrogen (secondary N) is 15. The Kier molecular flexibility index (Phi) is 57.6. The van der Waals surface area contributed by atoms with Crippen LogP contribution in [0.15, 0.2) is 48.5 Å². The number of amides is 17. The van der Waals surface area contributed by atoms with E-state index >= 15 is 0 Å². The maximum Gasteiger partial charge on any atom is 0.326 e. The number of aliphatic carboxylic acids is 6. The van der Waals surface area contributed by atoms with Crippen molar-refractivity contribution in [2.75, 3.05) is 39.3 Å². The van der Waals surface area contributed by atoms with Crippen LogP contribution in [-0.4, -0.2) is 329 Å². The average molecular weight is 2100 g/mol. The van der Waals surface area contributed by atoms with Crippen LogP contribution < -0.4 is 114 Å². The van der Waals surface area contributed by atoms with Gasteiger partial charge in [0.25, 0.3) is 0 Å². The van der Waals surface area contributed by atoms with Crippen molar-refractivity contribution in [2.24, 2.45) is 52.2 Å². The minimum atomic E-state index is -2.05. The molecule has 0 unspecified atom stereocenters. The summed E-state index contributed by atoms with van der Waals surface area (Å²) in [6, 6.07) is -18.5. The van der Waals surface area contributed by atoms with Crippen molar-refractivity contribution < 1.29 is 156 Å². The third-order valence-corrected chi connectivity index (χ3v) is 24.0. The van der Waals surface area contributed by atoms with Crippen molar-refractivity contribution >= 4 is 136 Å². The van der Waals surface area contributed by atoms with Crippen LogP contribution in [0.3, 0.4) is 0 Å². The molecular weight excluding hydrogens is 1950 g/mol. The van der Waals surface area contributed by atoms with Crippen molar-refractivity contribution in [1.82, 2.24) is 84.7 Å². The zero-order chi connectivity index (χ0) is 111. The van der Waals surface area contributed by atoms with Crippen LogP contribution in [0.2, 0.25) is 0 Å². The minimum Gasteiger partial charge on any atom is -0.508 e. The van der Waals surface area contributed by atoms with Gasteiger partial charge in [-0.05, 0) is 201 Å². The van der Waals surface area contributed by atoms with Crippen molar-refractivity contribution in [3.63, 3.8) is 0 Å². The van der Waals surface area contributed by atoms with Crippen LogP contribution in [-0.2, 0) is 123 Å². The standard InChI is InChI=1S/C94H148N22O32/c1-7-50(6)77(115-84(137)62(32-35-73(125)126)105-89(142)68(47-117)113-85(138)63(41-48(2)3)108-87(140)66(45-74(127)128)111-90(143)69-21-16-40-116(69)93(146)55(99)42-51-22-26-53(118)27-23-51)92(145)107-59(20-11-15-39-98)79(132)101-56(17-8-12-36-95)78(131)104-61(31-34-72(123)124)83(136)109-64(43-52-24-28-54(119)29-25-52)86(139)110-65(44-70(100)120)88(141)114-76(49(4)5)91(144)106-58(19-10-14-38-97)80(133)103-60(30-33-71(121)122)82(135)102-57(18-9-13-37-96)81(134)112-67(94(147)148)46-75(129)130/h22-29,48-50,55-69,76-77,117-119H,7-21,30-47,95-99H2,1-6H3,(H2,100,120)(H,101,132)(H,102,135)(H,103,133)(H,104,131)(H,105,142)(H,106,144)(H,107,145)(H,108,140)(H,109,136)(H,110,139)(H,111,143)(H,112,134)(H,113,138)(H,114,141)(H,115,137)(H,121,122)(H,123,124)(H,125,126)(H,127,128)(H,129,130)(H,147,148)/t50-,55-,56-,57-,58-,59-,60-,61-,62-,63-,64-,65-,66-,67-,68-,69-,76-,77-/m0/s1. The molecule has 0 saturated carbocycles. The maximum atomic E-state index is 14.9. The first-order chi connectivity index (χ1) is 69.8. The molecular formula is C94H148N22O32. The molecule has 826 valence electrons. The van der Waals surface area contributed by atoms with Crippen LogP contribution in [0.1, 0.15) is 213 Å².